The van der Waals surface area contributed by atoms with E-state index in [1.807, 2.05) is 0 Å². The van der Waals surface area contributed by atoms with Gasteiger partial charge < -0.3 is 25.2 Å². The molecule has 0 aliphatic carbocycles. The molecule has 0 saturated carbocycles. The average molecular weight is 508 g/mol. The molecule has 0 bridgehead atoms. The Morgan fingerprint density at radius 2 is 1.61 bits per heavy atom. The number of oxime groups is 1. The molecular formula is C17H33NO10S3. The number of ether oxygens (including phenoxy) is 1. The van der Waals surface area contributed by atoms with Crippen LogP contribution in [0.3, 0.4) is 0 Å². The molecule has 0 aromatic rings. The van der Waals surface area contributed by atoms with Crippen LogP contribution in [0.5, 0.6) is 0 Å². The van der Waals surface area contributed by atoms with E-state index in [-0.39, 0.29) is 11.5 Å². The standard InChI is InChI=1S/C17H33NO10S3/c1-30(23)10-8-6-4-2-3-5-7-9-13(18-28-31(24,25)26)29-17-16(22)15(21)14(20)12(11-19)27-17/h12,14-17,19-22H,2-11H2,1H3,(H,24,25,26)/b18-13+/t12-,14-,15+,16-,17+,30?/m1/s1. The lowest BCUT2D eigenvalue weighted by Gasteiger charge is -2.39. The van der Waals surface area contributed by atoms with Crippen LogP contribution in [0.4, 0.5) is 0 Å². The van der Waals surface area contributed by atoms with Gasteiger partial charge in [0.05, 0.1) is 6.61 Å². The molecule has 14 heteroatoms. The summed E-state index contributed by atoms with van der Waals surface area (Å²) in [6.07, 6.45) is 2.61. The molecule has 31 heavy (non-hydrogen) atoms. The summed E-state index contributed by atoms with van der Waals surface area (Å²) in [6, 6.07) is 0. The fourth-order valence-corrected chi connectivity index (χ4v) is 4.93. The van der Waals surface area contributed by atoms with Gasteiger partial charge in [-0.1, -0.05) is 49.0 Å². The average Bonchev–Trinajstić information content (AvgIpc) is 2.69. The second-order valence-electron chi connectivity index (χ2n) is 7.30. The van der Waals surface area contributed by atoms with E-state index < -0.39 is 57.7 Å². The van der Waals surface area contributed by atoms with Crippen LogP contribution in [-0.2, 0) is 30.2 Å². The lowest BCUT2D eigenvalue weighted by Crippen LogP contribution is -2.57. The van der Waals surface area contributed by atoms with Crippen molar-refractivity contribution in [2.75, 3.05) is 18.6 Å². The van der Waals surface area contributed by atoms with Gasteiger partial charge >= 0.3 is 10.4 Å². The topological polar surface area (TPSA) is 183 Å². The molecule has 5 N–H and O–H groups in total. The van der Waals surface area contributed by atoms with Gasteiger partial charge in [-0.15, -0.1) is 0 Å². The number of thioether (sulfide) groups is 1. The summed E-state index contributed by atoms with van der Waals surface area (Å²) in [5.74, 6) is 0.711. The molecule has 0 radical (unpaired) electrons. The molecule has 1 aliphatic rings. The van der Waals surface area contributed by atoms with Crippen LogP contribution < -0.4 is 0 Å². The quantitative estimate of drug-likeness (QED) is 0.0709. The maximum atomic E-state index is 11.0. The largest absolute Gasteiger partial charge is 0.466 e. The van der Waals surface area contributed by atoms with Crippen LogP contribution >= 0.6 is 11.8 Å². The third kappa shape index (κ3) is 11.9. The van der Waals surface area contributed by atoms with Crippen molar-refractivity contribution in [1.82, 2.24) is 0 Å². The van der Waals surface area contributed by atoms with Crippen LogP contribution in [0.1, 0.15) is 51.4 Å². The highest BCUT2D eigenvalue weighted by Gasteiger charge is 2.44. The molecule has 1 fully saturated rings. The van der Waals surface area contributed by atoms with Crippen LogP contribution in [0, 0.1) is 0 Å². The second-order valence-corrected chi connectivity index (χ2v) is 11.0. The van der Waals surface area contributed by atoms with Gasteiger partial charge in [-0.2, -0.15) is 8.42 Å². The van der Waals surface area contributed by atoms with E-state index in [1.54, 1.807) is 6.26 Å². The molecule has 1 heterocycles. The molecule has 0 aromatic carbocycles. The van der Waals surface area contributed by atoms with E-state index in [0.717, 1.165) is 50.3 Å². The van der Waals surface area contributed by atoms with Crippen molar-refractivity contribution in [1.29, 1.82) is 0 Å². The Kier molecular flexibility index (Phi) is 13.7. The Labute approximate surface area is 189 Å². The first-order valence-corrected chi connectivity index (χ1v) is 14.0. The molecule has 0 spiro atoms. The van der Waals surface area contributed by atoms with Crippen molar-refractivity contribution in [2.24, 2.45) is 5.16 Å². The van der Waals surface area contributed by atoms with Crippen molar-refractivity contribution in [3.05, 3.63) is 0 Å². The van der Waals surface area contributed by atoms with E-state index in [1.165, 1.54) is 0 Å². The van der Waals surface area contributed by atoms with E-state index >= 15 is 0 Å². The van der Waals surface area contributed by atoms with Crippen molar-refractivity contribution < 1.29 is 46.6 Å². The summed E-state index contributed by atoms with van der Waals surface area (Å²) < 4.78 is 50.9. The molecule has 1 saturated heterocycles. The SMILES string of the molecule is CS(=O)CCCCCCCCC/C(=N\OS(=O)(=O)O)S[C@@H]1O[C@H](CO)[C@@H](O)[C@H](O)[C@H]1O. The summed E-state index contributed by atoms with van der Waals surface area (Å²) in [6.45, 7) is -0.593. The molecule has 1 aliphatic heterocycles. The minimum Gasteiger partial charge on any atom is -0.394 e. The van der Waals surface area contributed by atoms with Crippen molar-refractivity contribution in [2.45, 2.75) is 81.2 Å². The smallest absolute Gasteiger partial charge is 0.394 e. The highest BCUT2D eigenvalue weighted by Crippen LogP contribution is 2.30. The van der Waals surface area contributed by atoms with E-state index in [9.17, 15) is 33.1 Å². The number of aliphatic hydroxyl groups is 4. The van der Waals surface area contributed by atoms with Gasteiger partial charge in [-0.25, -0.2) is 4.28 Å². The Bertz CT molecular complexity index is 673. The van der Waals surface area contributed by atoms with Crippen LogP contribution in [-0.4, -0.2) is 91.1 Å². The molecule has 0 aromatic heterocycles. The number of rotatable bonds is 14. The van der Waals surface area contributed by atoms with Crippen molar-refractivity contribution >= 4 is 38.0 Å². The number of aliphatic hydroxyl groups excluding tert-OH is 4. The maximum absolute atomic E-state index is 11.0. The zero-order valence-corrected chi connectivity index (χ0v) is 19.9. The number of nitrogens with zero attached hydrogens (tertiary/aromatic N) is 1. The predicted octanol–water partition coefficient (Wildman–Crippen LogP) is 0.152. The maximum Gasteiger partial charge on any atom is 0.466 e. The molecule has 11 nitrogen and oxygen atoms in total. The summed E-state index contributed by atoms with van der Waals surface area (Å²) in [7, 11) is -5.58. The van der Waals surface area contributed by atoms with Crippen molar-refractivity contribution in [3.8, 4) is 0 Å². The number of hydrogen-bond acceptors (Lipinski definition) is 11. The number of unbranched alkanes of at least 4 members (excludes halogenated alkanes) is 6. The van der Waals surface area contributed by atoms with E-state index in [0.29, 0.717) is 12.2 Å². The first-order chi connectivity index (χ1) is 14.5. The zero-order valence-electron chi connectivity index (χ0n) is 17.4. The van der Waals surface area contributed by atoms with Gasteiger partial charge in [0.1, 0.15) is 34.9 Å². The van der Waals surface area contributed by atoms with Crippen LogP contribution in [0.25, 0.3) is 0 Å². The normalized spacial score (nSPS) is 28.5. The zero-order chi connectivity index (χ0) is 23.4. The van der Waals surface area contributed by atoms with Gasteiger partial charge in [0, 0.05) is 22.8 Å². The third-order valence-electron chi connectivity index (χ3n) is 4.66. The Morgan fingerprint density at radius 1 is 1.03 bits per heavy atom. The lowest BCUT2D eigenvalue weighted by molar-refractivity contribution is -0.205. The van der Waals surface area contributed by atoms with Gasteiger partial charge in [0.25, 0.3) is 0 Å². The lowest BCUT2D eigenvalue weighted by atomic mass is 10.0. The van der Waals surface area contributed by atoms with Gasteiger partial charge in [0.2, 0.25) is 0 Å². The molecule has 0 amide bonds. The first-order valence-electron chi connectivity index (χ1n) is 10.0. The highest BCUT2D eigenvalue weighted by atomic mass is 32.3. The minimum atomic E-state index is -4.82. The minimum absolute atomic E-state index is 0.104. The Morgan fingerprint density at radius 3 is 2.16 bits per heavy atom. The summed E-state index contributed by atoms with van der Waals surface area (Å²) >= 11 is 0.783. The monoisotopic (exact) mass is 507 g/mol. The molecule has 6 atom stereocenters. The van der Waals surface area contributed by atoms with Crippen LogP contribution in [0.2, 0.25) is 0 Å². The fraction of sp³-hybridized carbons (Fsp3) is 0.941. The summed E-state index contributed by atoms with van der Waals surface area (Å²) in [5.41, 5.74) is -1.14. The molecule has 184 valence electrons. The summed E-state index contributed by atoms with van der Waals surface area (Å²) in [5, 5.41) is 42.6. The van der Waals surface area contributed by atoms with Crippen LogP contribution in [0.15, 0.2) is 5.16 Å². The highest BCUT2D eigenvalue weighted by molar-refractivity contribution is 8.14. The first kappa shape index (κ1) is 28.7. The van der Waals surface area contributed by atoms with Gasteiger partial charge in [-0.3, -0.25) is 8.76 Å². The van der Waals surface area contributed by atoms with Gasteiger partial charge in [-0.05, 0) is 19.3 Å². The van der Waals surface area contributed by atoms with E-state index in [4.69, 9.17) is 9.29 Å². The van der Waals surface area contributed by atoms with Crippen molar-refractivity contribution in [3.63, 3.8) is 0 Å². The molecular weight excluding hydrogens is 474 g/mol. The predicted molar refractivity (Wildman–Crippen MR) is 117 cm³/mol. The molecule has 1 unspecified atom stereocenters. The third-order valence-corrected chi connectivity index (χ3v) is 6.96. The van der Waals surface area contributed by atoms with E-state index in [2.05, 4.69) is 9.44 Å². The fourth-order valence-electron chi connectivity index (χ4n) is 2.98. The van der Waals surface area contributed by atoms with Gasteiger partial charge in [0.15, 0.2) is 0 Å². The molecule has 1 rings (SSSR count). The Hall–Kier alpha value is -0.320. The summed E-state index contributed by atoms with van der Waals surface area (Å²) in [4.78, 5) is 0. The second kappa shape index (κ2) is 14.8. The number of hydrogen-bond donors (Lipinski definition) is 5. The Balaban J connectivity index is 2.53.